The van der Waals surface area contributed by atoms with Crippen molar-refractivity contribution in [1.82, 2.24) is 4.98 Å². The first-order valence-electron chi connectivity index (χ1n) is 6.57. The summed E-state index contributed by atoms with van der Waals surface area (Å²) in [6.07, 6.45) is 0. The maximum Gasteiger partial charge on any atom is 0.148 e. The molecule has 3 heteroatoms. The number of nitrogens with zero attached hydrogens (tertiary/aromatic N) is 2. The van der Waals surface area contributed by atoms with Crippen LogP contribution in [0, 0.1) is 45.9 Å². The van der Waals surface area contributed by atoms with Gasteiger partial charge in [0, 0.05) is 11.8 Å². The van der Waals surface area contributed by atoms with Gasteiger partial charge in [0.2, 0.25) is 0 Å². The Balaban J connectivity index is 2.57. The Kier molecular flexibility index (Phi) is 3.76. The fourth-order valence-electron chi connectivity index (χ4n) is 2.20. The van der Waals surface area contributed by atoms with Gasteiger partial charge in [-0.15, -0.1) is 0 Å². The van der Waals surface area contributed by atoms with Crippen LogP contribution in [-0.4, -0.2) is 4.98 Å². The quantitative estimate of drug-likeness (QED) is 0.814. The van der Waals surface area contributed by atoms with Crippen molar-refractivity contribution >= 4 is 0 Å². The summed E-state index contributed by atoms with van der Waals surface area (Å²) in [4.78, 5) is 4.31. The third kappa shape index (κ3) is 2.50. The molecule has 1 aromatic carbocycles. The second kappa shape index (κ2) is 5.34. The lowest BCUT2D eigenvalue weighted by Crippen LogP contribution is -1.99. The van der Waals surface area contributed by atoms with Gasteiger partial charge >= 0.3 is 0 Å². The van der Waals surface area contributed by atoms with Crippen molar-refractivity contribution in [3.63, 3.8) is 0 Å². The second-order valence-corrected chi connectivity index (χ2v) is 5.09. The average Bonchev–Trinajstić information content (AvgIpc) is 2.39. The van der Waals surface area contributed by atoms with Crippen molar-refractivity contribution in [2.24, 2.45) is 0 Å². The predicted molar refractivity (Wildman–Crippen MR) is 79.2 cm³/mol. The largest absolute Gasteiger partial charge is 0.455 e. The standard InChI is InChI=1S/C17H18N2O/c1-10-6-7-11(2)17(13(10)4)20-16-8-12(3)19-14(5)15(16)9-18/h6-8H,1-5H3. The zero-order valence-electron chi connectivity index (χ0n) is 12.5. The van der Waals surface area contributed by atoms with Gasteiger partial charge in [0.1, 0.15) is 23.1 Å². The highest BCUT2D eigenvalue weighted by molar-refractivity contribution is 5.52. The molecular weight excluding hydrogens is 248 g/mol. The van der Waals surface area contributed by atoms with E-state index in [1.807, 2.05) is 39.8 Å². The molecule has 0 bridgehead atoms. The molecular formula is C17H18N2O. The van der Waals surface area contributed by atoms with Crippen LogP contribution in [0.25, 0.3) is 0 Å². The summed E-state index contributed by atoms with van der Waals surface area (Å²) in [5, 5.41) is 9.29. The molecule has 0 spiro atoms. The van der Waals surface area contributed by atoms with Crippen LogP contribution in [0.15, 0.2) is 18.2 Å². The number of aryl methyl sites for hydroxylation is 4. The summed E-state index contributed by atoms with van der Waals surface area (Å²) >= 11 is 0. The molecule has 1 aromatic heterocycles. The van der Waals surface area contributed by atoms with Crippen molar-refractivity contribution in [1.29, 1.82) is 5.26 Å². The van der Waals surface area contributed by atoms with Crippen molar-refractivity contribution in [3.05, 3.63) is 51.8 Å². The van der Waals surface area contributed by atoms with E-state index in [-0.39, 0.29) is 0 Å². The van der Waals surface area contributed by atoms with Gasteiger partial charge < -0.3 is 4.74 Å². The molecule has 20 heavy (non-hydrogen) atoms. The molecule has 3 nitrogen and oxygen atoms in total. The van der Waals surface area contributed by atoms with Crippen molar-refractivity contribution in [3.8, 4) is 17.6 Å². The lowest BCUT2D eigenvalue weighted by Gasteiger charge is -2.15. The molecule has 0 aliphatic carbocycles. The normalized spacial score (nSPS) is 10.2. The van der Waals surface area contributed by atoms with Gasteiger partial charge in [0.05, 0.1) is 5.69 Å². The Morgan fingerprint density at radius 3 is 2.35 bits per heavy atom. The Labute approximate surface area is 119 Å². The van der Waals surface area contributed by atoms with Gasteiger partial charge in [-0.3, -0.25) is 4.98 Å². The van der Waals surface area contributed by atoms with E-state index in [2.05, 4.69) is 24.0 Å². The molecule has 0 saturated carbocycles. The lowest BCUT2D eigenvalue weighted by atomic mass is 10.1. The topological polar surface area (TPSA) is 45.9 Å². The predicted octanol–water partition coefficient (Wildman–Crippen LogP) is 4.29. The molecule has 0 N–H and O–H groups in total. The van der Waals surface area contributed by atoms with Crippen LogP contribution in [0.1, 0.15) is 33.6 Å². The summed E-state index contributed by atoms with van der Waals surface area (Å²) in [5.41, 5.74) is 5.37. The van der Waals surface area contributed by atoms with Gasteiger partial charge in [0.25, 0.3) is 0 Å². The highest BCUT2D eigenvalue weighted by Crippen LogP contribution is 2.33. The second-order valence-electron chi connectivity index (χ2n) is 5.09. The third-order valence-corrected chi connectivity index (χ3v) is 3.49. The van der Waals surface area contributed by atoms with E-state index in [1.165, 1.54) is 5.56 Å². The monoisotopic (exact) mass is 266 g/mol. The molecule has 0 fully saturated rings. The smallest absolute Gasteiger partial charge is 0.148 e. The van der Waals surface area contributed by atoms with E-state index < -0.39 is 0 Å². The number of nitriles is 1. The average molecular weight is 266 g/mol. The molecule has 0 aliphatic rings. The fraction of sp³-hybridized carbons (Fsp3) is 0.294. The molecule has 2 aromatic rings. The van der Waals surface area contributed by atoms with Gasteiger partial charge in [0.15, 0.2) is 0 Å². The third-order valence-electron chi connectivity index (χ3n) is 3.49. The molecule has 0 aliphatic heterocycles. The van der Waals surface area contributed by atoms with Crippen LogP contribution in [0.3, 0.4) is 0 Å². The van der Waals surface area contributed by atoms with E-state index in [0.717, 1.165) is 22.6 Å². The van der Waals surface area contributed by atoms with Crippen LogP contribution >= 0.6 is 0 Å². The molecule has 0 saturated heterocycles. The molecule has 0 atom stereocenters. The Hall–Kier alpha value is -2.34. The van der Waals surface area contributed by atoms with Crippen molar-refractivity contribution in [2.75, 3.05) is 0 Å². The van der Waals surface area contributed by atoms with Crippen LogP contribution < -0.4 is 4.74 Å². The minimum Gasteiger partial charge on any atom is -0.455 e. The molecule has 1 heterocycles. The Morgan fingerprint density at radius 1 is 1.05 bits per heavy atom. The minimum atomic E-state index is 0.496. The summed E-state index contributed by atoms with van der Waals surface area (Å²) in [7, 11) is 0. The zero-order chi connectivity index (χ0) is 14.9. The molecule has 102 valence electrons. The fourth-order valence-corrected chi connectivity index (χ4v) is 2.20. The van der Waals surface area contributed by atoms with Crippen LogP contribution in [0.5, 0.6) is 11.5 Å². The minimum absolute atomic E-state index is 0.496. The van der Waals surface area contributed by atoms with E-state index in [0.29, 0.717) is 17.0 Å². The van der Waals surface area contributed by atoms with Gasteiger partial charge in [-0.25, -0.2) is 0 Å². The van der Waals surface area contributed by atoms with E-state index in [1.54, 1.807) is 0 Å². The summed E-state index contributed by atoms with van der Waals surface area (Å²) in [6.45, 7) is 9.82. The first kappa shape index (κ1) is 14.1. The number of aromatic nitrogens is 1. The van der Waals surface area contributed by atoms with Crippen LogP contribution in [0.2, 0.25) is 0 Å². The number of hydrogen-bond acceptors (Lipinski definition) is 3. The Morgan fingerprint density at radius 2 is 1.70 bits per heavy atom. The van der Waals surface area contributed by atoms with E-state index in [4.69, 9.17) is 4.74 Å². The van der Waals surface area contributed by atoms with Gasteiger partial charge in [-0.05, 0) is 51.3 Å². The van der Waals surface area contributed by atoms with Gasteiger partial charge in [-0.2, -0.15) is 5.26 Å². The van der Waals surface area contributed by atoms with E-state index in [9.17, 15) is 5.26 Å². The molecule has 0 radical (unpaired) electrons. The number of hydrogen-bond donors (Lipinski definition) is 0. The maximum absolute atomic E-state index is 9.29. The molecule has 0 amide bonds. The summed E-state index contributed by atoms with van der Waals surface area (Å²) in [5.74, 6) is 1.40. The van der Waals surface area contributed by atoms with Crippen LogP contribution in [0.4, 0.5) is 0 Å². The number of ether oxygens (including phenoxy) is 1. The van der Waals surface area contributed by atoms with Crippen molar-refractivity contribution < 1.29 is 4.74 Å². The maximum atomic E-state index is 9.29. The number of rotatable bonds is 2. The van der Waals surface area contributed by atoms with Crippen LogP contribution in [-0.2, 0) is 0 Å². The highest BCUT2D eigenvalue weighted by Gasteiger charge is 2.13. The number of benzene rings is 1. The van der Waals surface area contributed by atoms with Crippen molar-refractivity contribution in [2.45, 2.75) is 34.6 Å². The first-order valence-corrected chi connectivity index (χ1v) is 6.57. The zero-order valence-corrected chi connectivity index (χ0v) is 12.5. The molecule has 2 rings (SSSR count). The first-order chi connectivity index (χ1) is 9.43. The van der Waals surface area contributed by atoms with E-state index >= 15 is 0 Å². The Bertz CT molecular complexity index is 712. The molecule has 0 unspecified atom stereocenters. The number of pyridine rings is 1. The summed E-state index contributed by atoms with van der Waals surface area (Å²) in [6, 6.07) is 8.10. The lowest BCUT2D eigenvalue weighted by molar-refractivity contribution is 0.471. The summed E-state index contributed by atoms with van der Waals surface area (Å²) < 4.78 is 6.04. The SMILES string of the molecule is Cc1cc(Oc2c(C)ccc(C)c2C)c(C#N)c(C)n1. The van der Waals surface area contributed by atoms with Gasteiger partial charge in [-0.1, -0.05) is 12.1 Å². The highest BCUT2D eigenvalue weighted by atomic mass is 16.5.